The minimum Gasteiger partial charge on any atom is -0.404 e. The molecule has 1 aromatic carbocycles. The molecule has 134 valence electrons. The Morgan fingerprint density at radius 2 is 2.08 bits per heavy atom. The van der Waals surface area contributed by atoms with E-state index in [9.17, 15) is 4.39 Å². The molecule has 1 saturated heterocycles. The van der Waals surface area contributed by atoms with Crippen molar-refractivity contribution in [2.24, 2.45) is 10.7 Å². The number of hydrogen-bond donors (Lipinski definition) is 3. The Morgan fingerprint density at radius 1 is 1.31 bits per heavy atom. The lowest BCUT2D eigenvalue weighted by molar-refractivity contribution is 0.273. The molecule has 1 aromatic heterocycles. The number of nitrogens with one attached hydrogen (secondary N) is 1. The Kier molecular flexibility index (Phi) is 4.97. The van der Waals surface area contributed by atoms with Gasteiger partial charge in [0.25, 0.3) is 0 Å². The number of nitrogen functional groups attached to an aromatic ring is 1. The molecule has 0 amide bonds. The maximum Gasteiger partial charge on any atom is 0.135 e. The third-order valence-electron chi connectivity index (χ3n) is 4.30. The number of rotatable bonds is 5. The van der Waals surface area contributed by atoms with Crippen molar-refractivity contribution in [3.63, 3.8) is 0 Å². The van der Waals surface area contributed by atoms with Crippen LogP contribution in [0.15, 0.2) is 47.7 Å². The van der Waals surface area contributed by atoms with Crippen LogP contribution in [0.5, 0.6) is 0 Å². The zero-order chi connectivity index (χ0) is 18.7. The highest BCUT2D eigenvalue weighted by Crippen LogP contribution is 2.25. The van der Waals surface area contributed by atoms with Gasteiger partial charge in [0, 0.05) is 48.0 Å². The fourth-order valence-corrected chi connectivity index (χ4v) is 2.82. The number of anilines is 2. The van der Waals surface area contributed by atoms with E-state index in [1.54, 1.807) is 37.7 Å². The Labute approximate surface area is 151 Å². The molecular weight excluding hydrogens is 331 g/mol. The molecule has 0 atom stereocenters. The van der Waals surface area contributed by atoms with Crippen molar-refractivity contribution in [2.45, 2.75) is 6.17 Å². The van der Waals surface area contributed by atoms with E-state index in [2.05, 4.69) is 9.98 Å². The molecule has 2 aromatic rings. The van der Waals surface area contributed by atoms with Gasteiger partial charge >= 0.3 is 0 Å². The first-order chi connectivity index (χ1) is 12.5. The van der Waals surface area contributed by atoms with Gasteiger partial charge < -0.3 is 16.4 Å². The molecule has 0 saturated carbocycles. The summed E-state index contributed by atoms with van der Waals surface area (Å²) in [6, 6.07) is 8.94. The molecule has 5 N–H and O–H groups in total. The number of nitrogens with zero attached hydrogens (tertiary/aromatic N) is 3. The van der Waals surface area contributed by atoms with E-state index in [-0.39, 0.29) is 5.71 Å². The van der Waals surface area contributed by atoms with E-state index in [0.717, 1.165) is 11.1 Å². The maximum atomic E-state index is 13.1. The maximum absolute atomic E-state index is 13.1. The minimum atomic E-state index is -0.811. The van der Waals surface area contributed by atoms with E-state index in [1.807, 2.05) is 17.0 Å². The van der Waals surface area contributed by atoms with E-state index in [4.69, 9.17) is 16.9 Å². The molecule has 0 radical (unpaired) electrons. The number of aliphatic imine (C=N–C) groups is 1. The number of aromatic nitrogens is 1. The summed E-state index contributed by atoms with van der Waals surface area (Å²) in [6.45, 7) is 0.671. The number of pyridine rings is 1. The largest absolute Gasteiger partial charge is 0.404 e. The average molecular weight is 352 g/mol. The number of nitrogens with two attached hydrogens (primary N) is 2. The SMILES string of the molecule is CN=CC(=CN)c1ccc(N)c(C(=N)c2ccnc(N3CC(F)C3)c2)c1. The smallest absolute Gasteiger partial charge is 0.135 e. The third-order valence-corrected chi connectivity index (χ3v) is 4.30. The summed E-state index contributed by atoms with van der Waals surface area (Å²) in [7, 11) is 1.67. The summed E-state index contributed by atoms with van der Waals surface area (Å²) in [6.07, 6.45) is 3.93. The van der Waals surface area contributed by atoms with Gasteiger partial charge in [-0.05, 0) is 29.8 Å². The molecule has 7 heteroatoms. The van der Waals surface area contributed by atoms with Gasteiger partial charge in [0.05, 0.1) is 18.8 Å². The summed E-state index contributed by atoms with van der Waals surface area (Å²) in [5.74, 6) is 0.663. The second kappa shape index (κ2) is 7.35. The van der Waals surface area contributed by atoms with Crippen LogP contribution in [0.25, 0.3) is 5.57 Å². The van der Waals surface area contributed by atoms with Crippen LogP contribution >= 0.6 is 0 Å². The number of alkyl halides is 1. The van der Waals surface area contributed by atoms with Crippen molar-refractivity contribution in [3.8, 4) is 0 Å². The molecule has 3 rings (SSSR count). The first-order valence-electron chi connectivity index (χ1n) is 8.21. The Bertz CT molecular complexity index is 883. The van der Waals surface area contributed by atoms with Crippen LogP contribution in [-0.2, 0) is 0 Å². The fraction of sp³-hybridized carbons (Fsp3) is 0.211. The summed E-state index contributed by atoms with van der Waals surface area (Å²) in [4.78, 5) is 10.1. The van der Waals surface area contributed by atoms with Crippen molar-refractivity contribution in [1.82, 2.24) is 4.98 Å². The highest BCUT2D eigenvalue weighted by molar-refractivity contribution is 6.16. The number of benzene rings is 1. The summed E-state index contributed by atoms with van der Waals surface area (Å²) in [5, 5.41) is 8.58. The van der Waals surface area contributed by atoms with Crippen molar-refractivity contribution >= 4 is 29.0 Å². The lowest BCUT2D eigenvalue weighted by Crippen LogP contribution is -2.48. The standard InChI is InChI=1S/C19H21FN6/c1-24-9-14(8-21)12-2-3-17(22)16(6-12)19(23)13-4-5-25-18(7-13)26-10-15(20)11-26/h2-9,15,23H,10-11,21-22H2,1H3. The average Bonchev–Trinajstić information content (AvgIpc) is 2.63. The van der Waals surface area contributed by atoms with Crippen LogP contribution in [-0.4, -0.2) is 43.2 Å². The lowest BCUT2D eigenvalue weighted by Gasteiger charge is -2.35. The van der Waals surface area contributed by atoms with Crippen LogP contribution in [0.2, 0.25) is 0 Å². The molecule has 0 unspecified atom stereocenters. The Morgan fingerprint density at radius 3 is 2.73 bits per heavy atom. The zero-order valence-electron chi connectivity index (χ0n) is 14.5. The third kappa shape index (κ3) is 3.42. The molecule has 1 aliphatic heterocycles. The van der Waals surface area contributed by atoms with Crippen molar-refractivity contribution < 1.29 is 4.39 Å². The van der Waals surface area contributed by atoms with Gasteiger partial charge in [-0.2, -0.15) is 0 Å². The first kappa shape index (κ1) is 17.6. The highest BCUT2D eigenvalue weighted by atomic mass is 19.1. The summed E-state index contributed by atoms with van der Waals surface area (Å²) < 4.78 is 13.1. The zero-order valence-corrected chi connectivity index (χ0v) is 14.5. The second-order valence-electron chi connectivity index (χ2n) is 6.09. The predicted molar refractivity (Wildman–Crippen MR) is 105 cm³/mol. The summed E-state index contributed by atoms with van der Waals surface area (Å²) in [5.41, 5.74) is 15.4. The molecule has 2 heterocycles. The van der Waals surface area contributed by atoms with Gasteiger partial charge in [0.2, 0.25) is 0 Å². The van der Waals surface area contributed by atoms with Crippen molar-refractivity contribution in [1.29, 1.82) is 5.41 Å². The minimum absolute atomic E-state index is 0.273. The molecule has 1 aliphatic rings. The first-order valence-corrected chi connectivity index (χ1v) is 8.21. The van der Waals surface area contributed by atoms with Crippen molar-refractivity contribution in [3.05, 3.63) is 59.4 Å². The van der Waals surface area contributed by atoms with Gasteiger partial charge in [-0.25, -0.2) is 9.37 Å². The van der Waals surface area contributed by atoms with E-state index >= 15 is 0 Å². The number of allylic oxidation sites excluding steroid dienone is 1. The Hall–Kier alpha value is -3.22. The van der Waals surface area contributed by atoms with Gasteiger partial charge in [-0.15, -0.1) is 0 Å². The topological polar surface area (TPSA) is 104 Å². The molecule has 0 bridgehead atoms. The van der Waals surface area contributed by atoms with Crippen LogP contribution in [0.3, 0.4) is 0 Å². The van der Waals surface area contributed by atoms with Gasteiger partial charge in [0.1, 0.15) is 12.0 Å². The quantitative estimate of drug-likeness (QED) is 0.567. The molecule has 0 aliphatic carbocycles. The fourth-order valence-electron chi connectivity index (χ4n) is 2.82. The van der Waals surface area contributed by atoms with E-state index < -0.39 is 6.17 Å². The predicted octanol–water partition coefficient (Wildman–Crippen LogP) is 2.24. The number of halogens is 1. The molecule has 0 spiro atoms. The van der Waals surface area contributed by atoms with Crippen LogP contribution < -0.4 is 16.4 Å². The molecule has 1 fully saturated rings. The van der Waals surface area contributed by atoms with Crippen molar-refractivity contribution in [2.75, 3.05) is 30.8 Å². The van der Waals surface area contributed by atoms with Crippen LogP contribution in [0, 0.1) is 5.41 Å². The molecular formula is C19H21FN6. The normalized spacial score (nSPS) is 15.3. The van der Waals surface area contributed by atoms with E-state index in [0.29, 0.717) is 35.7 Å². The lowest BCUT2D eigenvalue weighted by atomic mass is 9.97. The van der Waals surface area contributed by atoms with Crippen LogP contribution in [0.4, 0.5) is 15.9 Å². The van der Waals surface area contributed by atoms with Gasteiger partial charge in [-0.1, -0.05) is 6.07 Å². The summed E-state index contributed by atoms with van der Waals surface area (Å²) >= 11 is 0. The molecule has 6 nitrogen and oxygen atoms in total. The molecule has 26 heavy (non-hydrogen) atoms. The Balaban J connectivity index is 1.94. The van der Waals surface area contributed by atoms with Gasteiger partial charge in [0.15, 0.2) is 0 Å². The van der Waals surface area contributed by atoms with Gasteiger partial charge in [-0.3, -0.25) is 10.4 Å². The number of hydrogen-bond acceptors (Lipinski definition) is 6. The van der Waals surface area contributed by atoms with E-state index in [1.165, 1.54) is 6.20 Å². The second-order valence-corrected chi connectivity index (χ2v) is 6.09. The van der Waals surface area contributed by atoms with Crippen LogP contribution in [0.1, 0.15) is 16.7 Å². The monoisotopic (exact) mass is 352 g/mol. The highest BCUT2D eigenvalue weighted by Gasteiger charge is 2.27.